The molecule has 2 heterocycles. The van der Waals surface area contributed by atoms with Gasteiger partial charge in [-0.2, -0.15) is 5.10 Å². The predicted octanol–water partition coefficient (Wildman–Crippen LogP) is 2.58. The maximum atomic E-state index is 11.3. The number of hydrogen-bond acceptors (Lipinski definition) is 5. The highest BCUT2D eigenvalue weighted by Crippen LogP contribution is 2.31. The first-order chi connectivity index (χ1) is 9.91. The molecule has 0 spiro atoms. The Kier molecular flexibility index (Phi) is 4.82. The van der Waals surface area contributed by atoms with Gasteiger partial charge in [-0.05, 0) is 47.2 Å². The van der Waals surface area contributed by atoms with Gasteiger partial charge in [0.25, 0.3) is 0 Å². The molecule has 0 bridgehead atoms. The molecule has 1 aliphatic heterocycles. The number of nitro groups is 1. The molecule has 7 heteroatoms. The van der Waals surface area contributed by atoms with Crippen LogP contribution in [0.25, 0.3) is 0 Å². The van der Waals surface area contributed by atoms with Crippen molar-refractivity contribution >= 4 is 11.5 Å². The van der Waals surface area contributed by atoms with E-state index in [-0.39, 0.29) is 16.7 Å². The molecule has 1 saturated heterocycles. The van der Waals surface area contributed by atoms with Gasteiger partial charge in [0.05, 0.1) is 4.92 Å². The fourth-order valence-electron chi connectivity index (χ4n) is 2.91. The van der Waals surface area contributed by atoms with Crippen LogP contribution >= 0.6 is 0 Å². The Hall–Kier alpha value is -1.63. The lowest BCUT2D eigenvalue weighted by Crippen LogP contribution is -2.41. The SMILES string of the molecule is Cc1nn(C(C)C)c(NCC2CCCCN2C)c1[N+](=O)[O-]. The van der Waals surface area contributed by atoms with Crippen molar-refractivity contribution < 1.29 is 4.92 Å². The molecule has 1 aliphatic rings. The first kappa shape index (κ1) is 15.8. The van der Waals surface area contributed by atoms with E-state index in [1.54, 1.807) is 11.6 Å². The van der Waals surface area contributed by atoms with Crippen LogP contribution in [-0.4, -0.2) is 45.8 Å². The zero-order valence-electron chi connectivity index (χ0n) is 13.3. The number of aromatic nitrogens is 2. The maximum absolute atomic E-state index is 11.3. The van der Waals surface area contributed by atoms with Gasteiger partial charge in [-0.25, -0.2) is 4.68 Å². The van der Waals surface area contributed by atoms with Gasteiger partial charge in [0.2, 0.25) is 5.82 Å². The van der Waals surface area contributed by atoms with Gasteiger partial charge in [0.1, 0.15) is 5.69 Å². The summed E-state index contributed by atoms with van der Waals surface area (Å²) in [5.41, 5.74) is 0.565. The molecule has 7 nitrogen and oxygen atoms in total. The number of hydrogen-bond donors (Lipinski definition) is 1. The summed E-state index contributed by atoms with van der Waals surface area (Å²) < 4.78 is 1.72. The van der Waals surface area contributed by atoms with Crippen LogP contribution in [0.1, 0.15) is 44.8 Å². The fourth-order valence-corrected chi connectivity index (χ4v) is 2.91. The molecule has 118 valence electrons. The van der Waals surface area contributed by atoms with Crippen LogP contribution in [0, 0.1) is 17.0 Å². The molecule has 0 radical (unpaired) electrons. The summed E-state index contributed by atoms with van der Waals surface area (Å²) in [4.78, 5) is 13.3. The molecular weight excluding hydrogens is 270 g/mol. The summed E-state index contributed by atoms with van der Waals surface area (Å²) in [5.74, 6) is 0.534. The van der Waals surface area contributed by atoms with Gasteiger partial charge in [-0.3, -0.25) is 10.1 Å². The zero-order valence-corrected chi connectivity index (χ0v) is 13.3. The molecular formula is C14H25N5O2. The minimum absolute atomic E-state index is 0.0870. The third kappa shape index (κ3) is 3.34. The van der Waals surface area contributed by atoms with Gasteiger partial charge >= 0.3 is 5.69 Å². The summed E-state index contributed by atoms with van der Waals surface area (Å²) in [5, 5.41) is 18.9. The molecule has 1 aromatic heterocycles. The molecule has 2 rings (SSSR count). The fraction of sp³-hybridized carbons (Fsp3) is 0.786. The van der Waals surface area contributed by atoms with Crippen LogP contribution in [0.3, 0.4) is 0 Å². The molecule has 21 heavy (non-hydrogen) atoms. The summed E-state index contributed by atoms with van der Waals surface area (Å²) >= 11 is 0. The van der Waals surface area contributed by atoms with Gasteiger partial charge in [-0.1, -0.05) is 6.42 Å². The number of anilines is 1. The number of nitrogens with one attached hydrogen (secondary N) is 1. The second-order valence-electron chi connectivity index (χ2n) is 6.09. The average Bonchev–Trinajstić information content (AvgIpc) is 2.75. The molecule has 0 aromatic carbocycles. The number of aryl methyl sites for hydroxylation is 1. The van der Waals surface area contributed by atoms with E-state index in [1.165, 1.54) is 12.8 Å². The Morgan fingerprint density at radius 1 is 1.48 bits per heavy atom. The molecule has 1 aromatic rings. The van der Waals surface area contributed by atoms with Gasteiger partial charge in [0.15, 0.2) is 0 Å². The molecule has 0 aliphatic carbocycles. The highest BCUT2D eigenvalue weighted by molar-refractivity contribution is 5.59. The van der Waals surface area contributed by atoms with E-state index < -0.39 is 0 Å². The number of nitrogens with zero attached hydrogens (tertiary/aromatic N) is 4. The van der Waals surface area contributed by atoms with Crippen LogP contribution < -0.4 is 5.32 Å². The third-order valence-corrected chi connectivity index (χ3v) is 4.15. The van der Waals surface area contributed by atoms with E-state index in [0.717, 1.165) is 19.5 Å². The summed E-state index contributed by atoms with van der Waals surface area (Å²) in [6, 6.07) is 0.512. The van der Waals surface area contributed by atoms with Crippen molar-refractivity contribution in [1.82, 2.24) is 14.7 Å². The van der Waals surface area contributed by atoms with Crippen LogP contribution in [0.15, 0.2) is 0 Å². The van der Waals surface area contributed by atoms with Gasteiger partial charge in [-0.15, -0.1) is 0 Å². The predicted molar refractivity (Wildman–Crippen MR) is 82.8 cm³/mol. The Bertz CT molecular complexity index is 512. The number of piperidine rings is 1. The van der Waals surface area contributed by atoms with E-state index in [4.69, 9.17) is 0 Å². The van der Waals surface area contributed by atoms with Crippen molar-refractivity contribution in [2.45, 2.75) is 52.1 Å². The van der Waals surface area contributed by atoms with Crippen molar-refractivity contribution in [2.75, 3.05) is 25.5 Å². The molecule has 0 amide bonds. The Labute approximate surface area is 125 Å². The Morgan fingerprint density at radius 3 is 2.76 bits per heavy atom. The minimum Gasteiger partial charge on any atom is -0.363 e. The van der Waals surface area contributed by atoms with Crippen LogP contribution in [0.5, 0.6) is 0 Å². The van der Waals surface area contributed by atoms with Crippen LogP contribution in [0.2, 0.25) is 0 Å². The summed E-state index contributed by atoms with van der Waals surface area (Å²) in [6.07, 6.45) is 3.59. The second-order valence-corrected chi connectivity index (χ2v) is 6.09. The number of rotatable bonds is 5. The average molecular weight is 295 g/mol. The second kappa shape index (κ2) is 6.43. The van der Waals surface area contributed by atoms with Crippen molar-refractivity contribution in [3.05, 3.63) is 15.8 Å². The maximum Gasteiger partial charge on any atom is 0.333 e. The summed E-state index contributed by atoms with van der Waals surface area (Å²) in [6.45, 7) is 7.46. The van der Waals surface area contributed by atoms with Crippen LogP contribution in [0.4, 0.5) is 11.5 Å². The molecule has 1 N–H and O–H groups in total. The first-order valence-corrected chi connectivity index (χ1v) is 7.59. The largest absolute Gasteiger partial charge is 0.363 e. The van der Waals surface area contributed by atoms with Gasteiger partial charge in [0, 0.05) is 18.6 Å². The summed E-state index contributed by atoms with van der Waals surface area (Å²) in [7, 11) is 2.12. The number of likely N-dealkylation sites (N-methyl/N-ethyl adjacent to an activating group) is 1. The van der Waals surface area contributed by atoms with E-state index >= 15 is 0 Å². The van der Waals surface area contributed by atoms with E-state index in [2.05, 4.69) is 22.4 Å². The molecule has 1 atom stereocenters. The number of likely N-dealkylation sites (tertiary alicyclic amines) is 1. The smallest absolute Gasteiger partial charge is 0.333 e. The Balaban J connectivity index is 2.19. The van der Waals surface area contributed by atoms with E-state index in [9.17, 15) is 10.1 Å². The van der Waals surface area contributed by atoms with Crippen molar-refractivity contribution in [3.8, 4) is 0 Å². The minimum atomic E-state index is -0.339. The topological polar surface area (TPSA) is 76.2 Å². The highest BCUT2D eigenvalue weighted by Gasteiger charge is 2.27. The lowest BCUT2D eigenvalue weighted by molar-refractivity contribution is -0.384. The standard InChI is InChI=1S/C14H25N5O2/c1-10(2)18-14(13(19(20)21)11(3)16-18)15-9-12-7-5-6-8-17(12)4/h10,12,15H,5-9H2,1-4H3. The third-order valence-electron chi connectivity index (χ3n) is 4.15. The first-order valence-electron chi connectivity index (χ1n) is 7.59. The lowest BCUT2D eigenvalue weighted by atomic mass is 10.0. The molecule has 1 fully saturated rings. The van der Waals surface area contributed by atoms with E-state index in [0.29, 0.717) is 17.6 Å². The van der Waals surface area contributed by atoms with Gasteiger partial charge < -0.3 is 10.2 Å². The Morgan fingerprint density at radius 2 is 2.19 bits per heavy atom. The monoisotopic (exact) mass is 295 g/mol. The van der Waals surface area contributed by atoms with Crippen molar-refractivity contribution in [2.24, 2.45) is 0 Å². The normalized spacial score (nSPS) is 20.0. The highest BCUT2D eigenvalue weighted by atomic mass is 16.6. The zero-order chi connectivity index (χ0) is 15.6. The quantitative estimate of drug-likeness (QED) is 0.667. The lowest BCUT2D eigenvalue weighted by Gasteiger charge is -2.32. The molecule has 1 unspecified atom stereocenters. The van der Waals surface area contributed by atoms with Crippen molar-refractivity contribution in [1.29, 1.82) is 0 Å². The van der Waals surface area contributed by atoms with Crippen LogP contribution in [-0.2, 0) is 0 Å². The van der Waals surface area contributed by atoms with Crippen molar-refractivity contribution in [3.63, 3.8) is 0 Å². The van der Waals surface area contributed by atoms with E-state index in [1.807, 2.05) is 13.8 Å². The molecule has 0 saturated carbocycles.